The number of hydrogen-bond acceptors (Lipinski definition) is 3. The number of nitrogens with zero attached hydrogens (tertiary/aromatic N) is 2. The molecule has 1 saturated heterocycles. The number of halogens is 2. The minimum absolute atomic E-state index is 0.0723. The van der Waals surface area contributed by atoms with Gasteiger partial charge in [-0.2, -0.15) is 0 Å². The Hall–Kier alpha value is -1.27. The Kier molecular flexibility index (Phi) is 4.88. The molecule has 1 aromatic carbocycles. The van der Waals surface area contributed by atoms with Crippen molar-refractivity contribution >= 4 is 39.3 Å². The fourth-order valence-corrected chi connectivity index (χ4v) is 3.22. The summed E-state index contributed by atoms with van der Waals surface area (Å²) in [6, 6.07) is 4.66. The molecule has 1 aliphatic rings. The number of amidine groups is 1. The molecule has 1 aromatic rings. The fourth-order valence-electron chi connectivity index (χ4n) is 2.37. The number of likely N-dealkylation sites (tertiary alicyclic amines) is 1. The molecule has 5 nitrogen and oxygen atoms in total. The van der Waals surface area contributed by atoms with E-state index in [2.05, 4.69) is 21.1 Å². The summed E-state index contributed by atoms with van der Waals surface area (Å²) in [6.45, 7) is 0.592. The van der Waals surface area contributed by atoms with Gasteiger partial charge in [-0.25, -0.2) is 0 Å². The molecular weight excluding hydrogens is 346 g/mol. The van der Waals surface area contributed by atoms with Gasteiger partial charge in [-0.05, 0) is 53.4 Å². The van der Waals surface area contributed by atoms with Crippen LogP contribution in [0.2, 0.25) is 5.02 Å². The summed E-state index contributed by atoms with van der Waals surface area (Å²) in [5, 5.41) is 12.4. The predicted molar refractivity (Wildman–Crippen MR) is 81.2 cm³/mol. The third-order valence-corrected chi connectivity index (χ3v) is 4.27. The smallest absolute Gasteiger partial charge is 0.255 e. The van der Waals surface area contributed by atoms with Crippen LogP contribution in [-0.2, 0) is 0 Å². The minimum Gasteiger partial charge on any atom is -0.409 e. The first-order chi connectivity index (χ1) is 9.54. The molecule has 1 amide bonds. The number of carbonyl (C=O) groups is 1. The van der Waals surface area contributed by atoms with Crippen molar-refractivity contribution in [3.8, 4) is 0 Å². The lowest BCUT2D eigenvalue weighted by Gasteiger charge is -2.35. The minimum atomic E-state index is -0.358. The molecule has 20 heavy (non-hydrogen) atoms. The normalized spacial score (nSPS) is 20.0. The van der Waals surface area contributed by atoms with Gasteiger partial charge in [0.25, 0.3) is 5.91 Å². The van der Waals surface area contributed by atoms with Crippen LogP contribution in [0.3, 0.4) is 0 Å². The molecule has 2 rings (SSSR count). The molecule has 0 spiro atoms. The number of piperidine rings is 1. The van der Waals surface area contributed by atoms with Crippen LogP contribution in [0.15, 0.2) is 27.8 Å². The van der Waals surface area contributed by atoms with Crippen LogP contribution < -0.4 is 5.73 Å². The Morgan fingerprint density at radius 1 is 1.50 bits per heavy atom. The number of hydrogen-bond donors (Lipinski definition) is 2. The molecule has 1 atom stereocenters. The summed E-state index contributed by atoms with van der Waals surface area (Å²) in [6.07, 6.45) is 2.56. The zero-order chi connectivity index (χ0) is 14.7. The summed E-state index contributed by atoms with van der Waals surface area (Å²) < 4.78 is 0.638. The highest BCUT2D eigenvalue weighted by Crippen LogP contribution is 2.26. The van der Waals surface area contributed by atoms with Crippen LogP contribution >= 0.6 is 27.5 Å². The van der Waals surface area contributed by atoms with Gasteiger partial charge in [0.1, 0.15) is 0 Å². The second-order valence-corrected chi connectivity index (χ2v) is 5.95. The maximum absolute atomic E-state index is 12.6. The first-order valence-corrected chi connectivity index (χ1v) is 7.45. The highest BCUT2D eigenvalue weighted by molar-refractivity contribution is 9.10. The van der Waals surface area contributed by atoms with Crippen LogP contribution in [0.25, 0.3) is 0 Å². The second-order valence-electron chi connectivity index (χ2n) is 4.66. The van der Waals surface area contributed by atoms with Gasteiger partial charge in [0, 0.05) is 16.0 Å². The van der Waals surface area contributed by atoms with Gasteiger partial charge in [0.2, 0.25) is 0 Å². The molecule has 0 aromatic heterocycles. The van der Waals surface area contributed by atoms with Crippen LogP contribution in [0.1, 0.15) is 29.6 Å². The molecular formula is C13H15BrClN3O2. The fraction of sp³-hybridized carbons (Fsp3) is 0.385. The SMILES string of the molecule is N/C(=N/O)C1CCCCN1C(=O)c1ccc(Cl)cc1Br. The van der Waals surface area contributed by atoms with E-state index >= 15 is 0 Å². The quantitative estimate of drug-likeness (QED) is 0.368. The highest BCUT2D eigenvalue weighted by atomic mass is 79.9. The van der Waals surface area contributed by atoms with Crippen molar-refractivity contribution in [2.45, 2.75) is 25.3 Å². The van der Waals surface area contributed by atoms with E-state index in [-0.39, 0.29) is 17.8 Å². The van der Waals surface area contributed by atoms with E-state index in [1.54, 1.807) is 23.1 Å². The molecule has 1 fully saturated rings. The average molecular weight is 361 g/mol. The van der Waals surface area contributed by atoms with E-state index in [1.807, 2.05) is 0 Å². The van der Waals surface area contributed by atoms with Crippen LogP contribution in [0, 0.1) is 0 Å². The second kappa shape index (κ2) is 6.45. The Balaban J connectivity index is 2.30. The first kappa shape index (κ1) is 15.1. The first-order valence-electron chi connectivity index (χ1n) is 6.28. The Morgan fingerprint density at radius 2 is 2.25 bits per heavy atom. The Labute approximate surface area is 130 Å². The molecule has 0 bridgehead atoms. The third-order valence-electron chi connectivity index (χ3n) is 3.38. The maximum atomic E-state index is 12.6. The number of carbonyl (C=O) groups excluding carboxylic acids is 1. The largest absolute Gasteiger partial charge is 0.409 e. The molecule has 108 valence electrons. The number of rotatable bonds is 2. The van der Waals surface area contributed by atoms with Crippen molar-refractivity contribution in [1.82, 2.24) is 4.90 Å². The van der Waals surface area contributed by atoms with E-state index in [1.165, 1.54) is 0 Å². The Morgan fingerprint density at radius 3 is 2.90 bits per heavy atom. The average Bonchev–Trinajstić information content (AvgIpc) is 2.46. The van der Waals surface area contributed by atoms with Gasteiger partial charge in [-0.1, -0.05) is 16.8 Å². The van der Waals surface area contributed by atoms with E-state index in [0.717, 1.165) is 12.8 Å². The number of nitrogens with two attached hydrogens (primary N) is 1. The van der Waals surface area contributed by atoms with Crippen LogP contribution in [0.4, 0.5) is 0 Å². The number of oxime groups is 1. The van der Waals surface area contributed by atoms with E-state index in [0.29, 0.717) is 28.0 Å². The van der Waals surface area contributed by atoms with Gasteiger partial charge in [0.15, 0.2) is 5.84 Å². The number of amides is 1. The molecule has 7 heteroatoms. The van der Waals surface area contributed by atoms with Crippen molar-refractivity contribution < 1.29 is 10.0 Å². The van der Waals surface area contributed by atoms with Crippen molar-refractivity contribution in [3.05, 3.63) is 33.3 Å². The standard InChI is InChI=1S/C13H15BrClN3O2/c14-10-7-8(15)4-5-9(10)13(19)18-6-2-1-3-11(18)12(16)17-20/h4-5,7,11,20H,1-3,6H2,(H2,16,17). The third kappa shape index (κ3) is 3.07. The summed E-state index contributed by atoms with van der Waals surface area (Å²) >= 11 is 9.23. The number of benzene rings is 1. The van der Waals surface area contributed by atoms with Crippen LogP contribution in [-0.4, -0.2) is 34.4 Å². The van der Waals surface area contributed by atoms with Crippen LogP contribution in [0.5, 0.6) is 0 Å². The van der Waals surface area contributed by atoms with Gasteiger partial charge < -0.3 is 15.8 Å². The zero-order valence-electron chi connectivity index (χ0n) is 10.7. The van der Waals surface area contributed by atoms with Gasteiger partial charge in [-0.3, -0.25) is 4.79 Å². The Bertz CT molecular complexity index is 550. The molecule has 1 unspecified atom stereocenters. The van der Waals surface area contributed by atoms with Crippen molar-refractivity contribution in [1.29, 1.82) is 0 Å². The summed E-state index contributed by atoms with van der Waals surface area (Å²) in [7, 11) is 0. The molecule has 0 radical (unpaired) electrons. The van der Waals surface area contributed by atoms with E-state index in [4.69, 9.17) is 22.5 Å². The van der Waals surface area contributed by atoms with Gasteiger partial charge in [-0.15, -0.1) is 0 Å². The van der Waals surface area contributed by atoms with Gasteiger partial charge in [0.05, 0.1) is 11.6 Å². The lowest BCUT2D eigenvalue weighted by Crippen LogP contribution is -2.50. The summed E-state index contributed by atoms with van der Waals surface area (Å²) in [5.74, 6) is -0.0759. The van der Waals surface area contributed by atoms with E-state index in [9.17, 15) is 4.79 Å². The lowest BCUT2D eigenvalue weighted by atomic mass is 10.00. The van der Waals surface area contributed by atoms with Crippen molar-refractivity contribution in [2.75, 3.05) is 6.54 Å². The maximum Gasteiger partial charge on any atom is 0.255 e. The highest BCUT2D eigenvalue weighted by Gasteiger charge is 2.31. The molecule has 3 N–H and O–H groups in total. The molecule has 0 saturated carbocycles. The lowest BCUT2D eigenvalue weighted by molar-refractivity contribution is 0.0675. The monoisotopic (exact) mass is 359 g/mol. The molecule has 1 aliphatic heterocycles. The topological polar surface area (TPSA) is 78.9 Å². The zero-order valence-corrected chi connectivity index (χ0v) is 13.1. The van der Waals surface area contributed by atoms with Crippen molar-refractivity contribution in [3.63, 3.8) is 0 Å². The summed E-state index contributed by atoms with van der Waals surface area (Å²) in [4.78, 5) is 14.3. The van der Waals surface area contributed by atoms with E-state index < -0.39 is 0 Å². The summed E-state index contributed by atoms with van der Waals surface area (Å²) in [5.41, 5.74) is 6.21. The van der Waals surface area contributed by atoms with Crippen molar-refractivity contribution in [2.24, 2.45) is 10.9 Å². The predicted octanol–water partition coefficient (Wildman–Crippen LogP) is 2.84. The molecule has 1 heterocycles. The van der Waals surface area contributed by atoms with Gasteiger partial charge >= 0.3 is 0 Å². The molecule has 0 aliphatic carbocycles.